The van der Waals surface area contributed by atoms with E-state index in [0.717, 1.165) is 0 Å². The lowest BCUT2D eigenvalue weighted by atomic mass is 10.1. The highest BCUT2D eigenvalue weighted by atomic mass is 79.9. The smallest absolute Gasteiger partial charge is 0.259 e. The highest BCUT2D eigenvalue weighted by Crippen LogP contribution is 2.29. The number of carbonyl (C=O) groups is 1. The molecule has 104 valence electrons. The molecule has 0 bridgehead atoms. The fourth-order valence-corrected chi connectivity index (χ4v) is 2.30. The number of nitrogens with zero attached hydrogens (tertiary/aromatic N) is 1. The molecule has 1 amide bonds. The number of hydrogen-bond acceptors (Lipinski definition) is 2. The van der Waals surface area contributed by atoms with Gasteiger partial charge in [-0.25, -0.2) is 4.39 Å². The van der Waals surface area contributed by atoms with E-state index >= 15 is 0 Å². The van der Waals surface area contributed by atoms with E-state index < -0.39 is 5.82 Å². The summed E-state index contributed by atoms with van der Waals surface area (Å²) in [6.45, 7) is 0. The van der Waals surface area contributed by atoms with Gasteiger partial charge in [0.2, 0.25) is 0 Å². The summed E-state index contributed by atoms with van der Waals surface area (Å²) in [5, 5.41) is 0. The van der Waals surface area contributed by atoms with Crippen molar-refractivity contribution in [1.82, 2.24) is 0 Å². The van der Waals surface area contributed by atoms with Gasteiger partial charge in [0, 0.05) is 7.05 Å². The van der Waals surface area contributed by atoms with Crippen LogP contribution in [-0.2, 0) is 0 Å². The predicted molar refractivity (Wildman–Crippen MR) is 79.8 cm³/mol. The Morgan fingerprint density at radius 1 is 1.20 bits per heavy atom. The molecule has 2 aromatic rings. The average molecular weight is 338 g/mol. The molecular formula is C15H13BrFNO2. The summed E-state index contributed by atoms with van der Waals surface area (Å²) >= 11 is 3.10. The Labute approximate surface area is 125 Å². The van der Waals surface area contributed by atoms with Crippen molar-refractivity contribution in [3.8, 4) is 5.75 Å². The van der Waals surface area contributed by atoms with Crippen LogP contribution in [0.2, 0.25) is 0 Å². The van der Waals surface area contributed by atoms with Crippen molar-refractivity contribution in [2.75, 3.05) is 19.1 Å². The summed E-state index contributed by atoms with van der Waals surface area (Å²) in [6.07, 6.45) is 0. The first kappa shape index (κ1) is 14.5. The van der Waals surface area contributed by atoms with Crippen LogP contribution in [0.15, 0.2) is 46.9 Å². The summed E-state index contributed by atoms with van der Waals surface area (Å²) in [5.74, 6) is -0.207. The highest BCUT2D eigenvalue weighted by Gasteiger charge is 2.20. The minimum atomic E-state index is -0.468. The van der Waals surface area contributed by atoms with Gasteiger partial charge < -0.3 is 9.64 Å². The summed E-state index contributed by atoms with van der Waals surface area (Å²) in [5.41, 5.74) is 0.884. The van der Waals surface area contributed by atoms with Gasteiger partial charge >= 0.3 is 0 Å². The minimum absolute atomic E-state index is 0.159. The second kappa shape index (κ2) is 6.05. The summed E-state index contributed by atoms with van der Waals surface area (Å²) in [6, 6.07) is 11.5. The summed E-state index contributed by atoms with van der Waals surface area (Å²) < 4.78 is 18.9. The number of methoxy groups -OCH3 is 1. The van der Waals surface area contributed by atoms with Gasteiger partial charge in [0.25, 0.3) is 5.91 Å². The first-order valence-corrected chi connectivity index (χ1v) is 6.70. The highest BCUT2D eigenvalue weighted by molar-refractivity contribution is 9.10. The fraction of sp³-hybridized carbons (Fsp3) is 0.133. The second-order valence-corrected chi connectivity index (χ2v) is 4.93. The number of amides is 1. The maximum atomic E-state index is 13.5. The Kier molecular flexibility index (Phi) is 4.39. The van der Waals surface area contributed by atoms with E-state index in [9.17, 15) is 9.18 Å². The molecule has 0 aliphatic rings. The Balaban J connectivity index is 2.40. The molecule has 0 aliphatic heterocycles. The molecule has 0 saturated carbocycles. The van der Waals surface area contributed by atoms with Crippen molar-refractivity contribution in [1.29, 1.82) is 0 Å². The third kappa shape index (κ3) is 2.67. The SMILES string of the molecule is COc1ccccc1N(C)C(=O)c1cccc(F)c1Br. The predicted octanol–water partition coefficient (Wildman–Crippen LogP) is 3.87. The topological polar surface area (TPSA) is 29.5 Å². The fourth-order valence-electron chi connectivity index (χ4n) is 1.87. The summed E-state index contributed by atoms with van der Waals surface area (Å²) in [7, 11) is 3.16. The minimum Gasteiger partial charge on any atom is -0.495 e. The lowest BCUT2D eigenvalue weighted by Gasteiger charge is -2.20. The first-order chi connectivity index (χ1) is 9.56. The van der Waals surface area contributed by atoms with Gasteiger partial charge in [0.1, 0.15) is 11.6 Å². The first-order valence-electron chi connectivity index (χ1n) is 5.91. The van der Waals surface area contributed by atoms with Gasteiger partial charge in [-0.3, -0.25) is 4.79 Å². The molecule has 0 spiro atoms. The molecule has 0 N–H and O–H groups in total. The van der Waals surface area contributed by atoms with Gasteiger partial charge in [-0.1, -0.05) is 18.2 Å². The number of halogens is 2. The molecule has 2 aromatic carbocycles. The molecule has 0 aromatic heterocycles. The van der Waals surface area contributed by atoms with Crippen molar-refractivity contribution in [3.05, 3.63) is 58.3 Å². The Morgan fingerprint density at radius 3 is 2.60 bits per heavy atom. The molecule has 20 heavy (non-hydrogen) atoms. The molecule has 0 saturated heterocycles. The zero-order valence-corrected chi connectivity index (χ0v) is 12.6. The van der Waals surface area contributed by atoms with Gasteiger partial charge in [-0.15, -0.1) is 0 Å². The zero-order valence-electron chi connectivity index (χ0n) is 11.1. The summed E-state index contributed by atoms with van der Waals surface area (Å²) in [4.78, 5) is 13.9. The van der Waals surface area contributed by atoms with Crippen molar-refractivity contribution in [2.45, 2.75) is 0 Å². The van der Waals surface area contributed by atoms with E-state index in [-0.39, 0.29) is 15.9 Å². The average Bonchev–Trinajstić information content (AvgIpc) is 2.48. The van der Waals surface area contributed by atoms with Crippen molar-refractivity contribution >= 4 is 27.5 Å². The van der Waals surface area contributed by atoms with Crippen LogP contribution in [0, 0.1) is 5.82 Å². The zero-order chi connectivity index (χ0) is 14.7. The molecule has 5 heteroatoms. The number of hydrogen-bond donors (Lipinski definition) is 0. The van der Waals surface area contributed by atoms with Crippen LogP contribution in [0.3, 0.4) is 0 Å². The molecule has 0 fully saturated rings. The number of anilines is 1. The van der Waals surface area contributed by atoms with Gasteiger partial charge in [0.15, 0.2) is 0 Å². The molecule has 0 unspecified atom stereocenters. The normalized spacial score (nSPS) is 10.2. The van der Waals surface area contributed by atoms with E-state index in [0.29, 0.717) is 11.4 Å². The van der Waals surface area contributed by atoms with Gasteiger partial charge in [-0.2, -0.15) is 0 Å². The van der Waals surface area contributed by atoms with Gasteiger partial charge in [0.05, 0.1) is 22.8 Å². The lowest BCUT2D eigenvalue weighted by Crippen LogP contribution is -2.27. The molecule has 3 nitrogen and oxygen atoms in total. The Hall–Kier alpha value is -1.88. The van der Waals surface area contributed by atoms with Crippen LogP contribution in [0.1, 0.15) is 10.4 Å². The molecule has 0 radical (unpaired) electrons. The van der Waals surface area contributed by atoms with Crippen LogP contribution >= 0.6 is 15.9 Å². The van der Waals surface area contributed by atoms with Crippen LogP contribution in [0.5, 0.6) is 5.75 Å². The monoisotopic (exact) mass is 337 g/mol. The largest absolute Gasteiger partial charge is 0.495 e. The maximum absolute atomic E-state index is 13.5. The van der Waals surface area contributed by atoms with E-state index in [2.05, 4.69) is 15.9 Å². The second-order valence-electron chi connectivity index (χ2n) is 4.14. The van der Waals surface area contributed by atoms with E-state index in [4.69, 9.17) is 4.74 Å². The molecule has 0 aliphatic carbocycles. The molecule has 0 heterocycles. The lowest BCUT2D eigenvalue weighted by molar-refractivity contribution is 0.0991. The number of carbonyl (C=O) groups excluding carboxylic acids is 1. The van der Waals surface area contributed by atoms with Crippen LogP contribution in [-0.4, -0.2) is 20.1 Å². The van der Waals surface area contributed by atoms with Gasteiger partial charge in [-0.05, 0) is 40.2 Å². The number of ether oxygens (including phenoxy) is 1. The van der Waals surface area contributed by atoms with Crippen LogP contribution in [0.25, 0.3) is 0 Å². The van der Waals surface area contributed by atoms with E-state index in [1.165, 1.54) is 24.1 Å². The van der Waals surface area contributed by atoms with Crippen molar-refractivity contribution < 1.29 is 13.9 Å². The van der Waals surface area contributed by atoms with E-state index in [1.807, 2.05) is 12.1 Å². The molecule has 0 atom stereocenters. The third-order valence-electron chi connectivity index (χ3n) is 2.93. The number of para-hydroxylation sites is 2. The van der Waals surface area contributed by atoms with Crippen molar-refractivity contribution in [3.63, 3.8) is 0 Å². The quantitative estimate of drug-likeness (QED) is 0.850. The Morgan fingerprint density at radius 2 is 1.90 bits per heavy atom. The standard InChI is InChI=1S/C15H13BrFNO2/c1-18(12-8-3-4-9-13(12)20-2)15(19)10-6-5-7-11(17)14(10)16/h3-9H,1-2H3. The number of benzene rings is 2. The molecule has 2 rings (SSSR count). The Bertz CT molecular complexity index is 646. The maximum Gasteiger partial charge on any atom is 0.259 e. The molecular weight excluding hydrogens is 325 g/mol. The van der Waals surface area contributed by atoms with E-state index in [1.54, 1.807) is 25.2 Å². The van der Waals surface area contributed by atoms with Crippen LogP contribution in [0.4, 0.5) is 10.1 Å². The third-order valence-corrected chi connectivity index (χ3v) is 3.74. The van der Waals surface area contributed by atoms with Crippen LogP contribution < -0.4 is 9.64 Å². The number of rotatable bonds is 3. The van der Waals surface area contributed by atoms with Crippen molar-refractivity contribution in [2.24, 2.45) is 0 Å².